The first-order valence-electron chi connectivity index (χ1n) is 9.60. The molecule has 3 rings (SSSR count). The average Bonchev–Trinajstić information content (AvgIpc) is 3.26. The molecule has 0 saturated carbocycles. The van der Waals surface area contributed by atoms with Gasteiger partial charge in [0.2, 0.25) is 0 Å². The largest absolute Gasteiger partial charge is 0.371 e. The molecule has 31 heavy (non-hydrogen) atoms. The minimum absolute atomic E-state index is 0.0111. The van der Waals surface area contributed by atoms with E-state index >= 15 is 0 Å². The van der Waals surface area contributed by atoms with Gasteiger partial charge in [-0.15, -0.1) is 0 Å². The molecule has 2 aromatic heterocycles. The molecule has 0 aromatic carbocycles. The first-order chi connectivity index (χ1) is 14.4. The molecular formula is C20H22Cl2F2N4O3. The minimum atomic E-state index is -3.32. The fourth-order valence-electron chi connectivity index (χ4n) is 3.55. The fourth-order valence-corrected chi connectivity index (χ4v) is 4.13. The summed E-state index contributed by atoms with van der Waals surface area (Å²) < 4.78 is 33.8. The third kappa shape index (κ3) is 5.39. The molecule has 1 atom stereocenters. The zero-order valence-electron chi connectivity index (χ0n) is 17.2. The number of aromatic nitrogens is 3. The molecule has 1 aliphatic rings. The minimum Gasteiger partial charge on any atom is -0.371 e. The van der Waals surface area contributed by atoms with Crippen molar-refractivity contribution in [2.45, 2.75) is 51.2 Å². The monoisotopic (exact) mass is 474 g/mol. The Hall–Kier alpha value is -2.10. The number of nitrogens with one attached hydrogen (secondary N) is 1. The number of Topliss-reactive ketones (excluding diaryl/α,β-unsaturated/α-hetero) is 1. The SMILES string of the molecule is CC1(C)CCC(CN(CC(=O)c2c(Cl)cncc2Cl)C(=O)c2cn[nH]c2C(C)(F)F)O1. The van der Waals surface area contributed by atoms with Crippen molar-refractivity contribution in [2.75, 3.05) is 13.1 Å². The second kappa shape index (κ2) is 8.80. The van der Waals surface area contributed by atoms with Gasteiger partial charge in [0.25, 0.3) is 11.8 Å². The van der Waals surface area contributed by atoms with Gasteiger partial charge in [-0.05, 0) is 26.7 Å². The predicted molar refractivity (Wildman–Crippen MR) is 111 cm³/mol. The molecular weight excluding hydrogens is 453 g/mol. The van der Waals surface area contributed by atoms with Crippen molar-refractivity contribution in [1.82, 2.24) is 20.1 Å². The Labute approximate surface area is 188 Å². The summed E-state index contributed by atoms with van der Waals surface area (Å²) in [6.45, 7) is 4.11. The van der Waals surface area contributed by atoms with Crippen LogP contribution in [0.2, 0.25) is 10.0 Å². The van der Waals surface area contributed by atoms with Crippen LogP contribution in [0.3, 0.4) is 0 Å². The molecule has 168 valence electrons. The number of hydrogen-bond acceptors (Lipinski definition) is 5. The maximum atomic E-state index is 13.9. The molecule has 7 nitrogen and oxygen atoms in total. The molecule has 1 fully saturated rings. The van der Waals surface area contributed by atoms with Crippen LogP contribution in [0.4, 0.5) is 8.78 Å². The molecule has 0 bridgehead atoms. The van der Waals surface area contributed by atoms with Crippen LogP contribution in [0.15, 0.2) is 18.6 Å². The zero-order chi connectivity index (χ0) is 23.0. The van der Waals surface area contributed by atoms with E-state index in [1.54, 1.807) is 0 Å². The predicted octanol–water partition coefficient (Wildman–Crippen LogP) is 4.51. The first-order valence-corrected chi connectivity index (χ1v) is 10.4. The number of nitrogens with zero attached hydrogens (tertiary/aromatic N) is 3. The second-order valence-corrected chi connectivity index (χ2v) is 8.99. The molecule has 11 heteroatoms. The standard InChI is InChI=1S/C20H22Cl2F2N4O3/c1-19(2)5-4-11(31-19)9-28(10-15(29)16-13(21)7-25-8-14(16)22)18(30)12-6-26-27-17(12)20(3,23)24/h6-8,11H,4-5,9-10H2,1-3H3,(H,26,27). The Kier molecular flexibility index (Phi) is 6.69. The number of rotatable bonds is 7. The quantitative estimate of drug-likeness (QED) is 0.596. The van der Waals surface area contributed by atoms with Gasteiger partial charge in [-0.25, -0.2) is 0 Å². The van der Waals surface area contributed by atoms with E-state index in [0.29, 0.717) is 13.3 Å². The number of carbonyl (C=O) groups excluding carboxylic acids is 2. The Bertz CT molecular complexity index is 971. The number of hydrogen-bond donors (Lipinski definition) is 1. The lowest BCUT2D eigenvalue weighted by Gasteiger charge is -2.27. The van der Waals surface area contributed by atoms with Gasteiger partial charge >= 0.3 is 0 Å². The van der Waals surface area contributed by atoms with Gasteiger partial charge in [-0.1, -0.05) is 23.2 Å². The van der Waals surface area contributed by atoms with Crippen molar-refractivity contribution < 1.29 is 23.1 Å². The number of pyridine rings is 1. The number of halogens is 4. The number of amides is 1. The van der Waals surface area contributed by atoms with Crippen molar-refractivity contribution in [3.8, 4) is 0 Å². The highest BCUT2D eigenvalue weighted by Gasteiger charge is 2.37. The molecule has 0 radical (unpaired) electrons. The molecule has 0 spiro atoms. The van der Waals surface area contributed by atoms with Crippen LogP contribution >= 0.6 is 23.2 Å². The van der Waals surface area contributed by atoms with Gasteiger partial charge in [-0.2, -0.15) is 13.9 Å². The van der Waals surface area contributed by atoms with E-state index in [1.807, 2.05) is 13.8 Å². The van der Waals surface area contributed by atoms with Crippen LogP contribution in [0.5, 0.6) is 0 Å². The smallest absolute Gasteiger partial charge is 0.287 e. The maximum Gasteiger partial charge on any atom is 0.287 e. The highest BCUT2D eigenvalue weighted by Crippen LogP contribution is 2.32. The van der Waals surface area contributed by atoms with Crippen LogP contribution in [0.1, 0.15) is 60.0 Å². The van der Waals surface area contributed by atoms with Gasteiger partial charge in [0, 0.05) is 25.9 Å². The number of carbonyl (C=O) groups is 2. The number of H-pyrrole nitrogens is 1. The molecule has 1 saturated heterocycles. The summed E-state index contributed by atoms with van der Waals surface area (Å²) in [5.41, 5.74) is -1.30. The Morgan fingerprint density at radius 1 is 1.29 bits per heavy atom. The third-order valence-electron chi connectivity index (χ3n) is 5.04. The van der Waals surface area contributed by atoms with E-state index in [0.717, 1.165) is 12.6 Å². The van der Waals surface area contributed by atoms with Crippen LogP contribution in [0.25, 0.3) is 0 Å². The van der Waals surface area contributed by atoms with Crippen molar-refractivity contribution in [3.63, 3.8) is 0 Å². The average molecular weight is 475 g/mol. The van der Waals surface area contributed by atoms with Gasteiger partial charge in [0.05, 0.1) is 45.6 Å². The van der Waals surface area contributed by atoms with Gasteiger partial charge < -0.3 is 9.64 Å². The van der Waals surface area contributed by atoms with E-state index in [9.17, 15) is 18.4 Å². The summed E-state index contributed by atoms with van der Waals surface area (Å²) in [6, 6.07) is 0. The molecule has 1 aliphatic heterocycles. The molecule has 2 aromatic rings. The lowest BCUT2D eigenvalue weighted by Crippen LogP contribution is -2.42. The molecule has 1 amide bonds. The van der Waals surface area contributed by atoms with Crippen LogP contribution in [-0.4, -0.2) is 56.6 Å². The molecule has 1 N–H and O–H groups in total. The Morgan fingerprint density at radius 3 is 2.48 bits per heavy atom. The molecule has 1 unspecified atom stereocenters. The topological polar surface area (TPSA) is 88.2 Å². The lowest BCUT2D eigenvalue weighted by molar-refractivity contribution is -0.0260. The summed E-state index contributed by atoms with van der Waals surface area (Å²) in [4.78, 5) is 31.1. The molecule has 3 heterocycles. The van der Waals surface area contributed by atoms with Crippen molar-refractivity contribution in [2.24, 2.45) is 0 Å². The van der Waals surface area contributed by atoms with Crippen LogP contribution in [-0.2, 0) is 10.7 Å². The second-order valence-electron chi connectivity index (χ2n) is 8.17. The summed E-state index contributed by atoms with van der Waals surface area (Å²) in [7, 11) is 0. The van der Waals surface area contributed by atoms with E-state index in [-0.39, 0.29) is 39.4 Å². The van der Waals surface area contributed by atoms with Crippen molar-refractivity contribution in [1.29, 1.82) is 0 Å². The fraction of sp³-hybridized carbons (Fsp3) is 0.500. The van der Waals surface area contributed by atoms with Gasteiger partial charge in [-0.3, -0.25) is 19.7 Å². The Balaban J connectivity index is 1.91. The number of ether oxygens (including phenoxy) is 1. The number of ketones is 1. The van der Waals surface area contributed by atoms with Gasteiger partial charge in [0.1, 0.15) is 5.69 Å². The normalized spacial score (nSPS) is 18.2. The zero-order valence-corrected chi connectivity index (χ0v) is 18.7. The van der Waals surface area contributed by atoms with E-state index in [2.05, 4.69) is 15.2 Å². The molecule has 0 aliphatic carbocycles. The summed E-state index contributed by atoms with van der Waals surface area (Å²) in [6.07, 6.45) is 4.62. The van der Waals surface area contributed by atoms with E-state index in [1.165, 1.54) is 17.3 Å². The van der Waals surface area contributed by atoms with E-state index < -0.39 is 29.9 Å². The highest BCUT2D eigenvalue weighted by molar-refractivity contribution is 6.39. The summed E-state index contributed by atoms with van der Waals surface area (Å²) in [5, 5.41) is 5.84. The number of aromatic amines is 1. The highest BCUT2D eigenvalue weighted by atomic mass is 35.5. The van der Waals surface area contributed by atoms with Crippen molar-refractivity contribution in [3.05, 3.63) is 45.5 Å². The summed E-state index contributed by atoms with van der Waals surface area (Å²) in [5.74, 6) is -4.63. The Morgan fingerprint density at radius 2 is 1.94 bits per heavy atom. The lowest BCUT2D eigenvalue weighted by atomic mass is 10.0. The van der Waals surface area contributed by atoms with Crippen molar-refractivity contribution >= 4 is 34.9 Å². The van der Waals surface area contributed by atoms with Gasteiger partial charge in [0.15, 0.2) is 5.78 Å². The maximum absolute atomic E-state index is 13.9. The first kappa shape index (κ1) is 23.6. The third-order valence-corrected chi connectivity index (χ3v) is 5.61. The van der Waals surface area contributed by atoms with E-state index in [4.69, 9.17) is 27.9 Å². The van der Waals surface area contributed by atoms with Crippen LogP contribution < -0.4 is 0 Å². The summed E-state index contributed by atoms with van der Waals surface area (Å²) >= 11 is 12.1. The van der Waals surface area contributed by atoms with Crippen LogP contribution in [0, 0.1) is 0 Å². The number of alkyl halides is 2.